The SMILES string of the molecule is CSc1nc(Cl)cc(N2CCCC(C)C2)n1. The monoisotopic (exact) mass is 257 g/mol. The molecule has 1 unspecified atom stereocenters. The lowest BCUT2D eigenvalue weighted by atomic mass is 10.0. The molecule has 1 aromatic heterocycles. The molecule has 1 aliphatic heterocycles. The fraction of sp³-hybridized carbons (Fsp3) is 0.636. The first-order valence-corrected chi connectivity index (χ1v) is 7.13. The van der Waals surface area contributed by atoms with Crippen LogP contribution < -0.4 is 4.90 Å². The predicted molar refractivity (Wildman–Crippen MR) is 69.4 cm³/mol. The van der Waals surface area contributed by atoms with Gasteiger partial charge in [0.1, 0.15) is 11.0 Å². The van der Waals surface area contributed by atoms with Gasteiger partial charge in [0, 0.05) is 19.2 Å². The third kappa shape index (κ3) is 2.80. The highest BCUT2D eigenvalue weighted by Gasteiger charge is 2.18. The molecule has 1 aliphatic rings. The minimum Gasteiger partial charge on any atom is -0.356 e. The molecule has 0 saturated carbocycles. The zero-order valence-corrected chi connectivity index (χ0v) is 11.2. The van der Waals surface area contributed by atoms with Gasteiger partial charge in [-0.1, -0.05) is 30.3 Å². The molecule has 1 aromatic rings. The molecule has 88 valence electrons. The van der Waals surface area contributed by atoms with Crippen molar-refractivity contribution < 1.29 is 0 Å². The first kappa shape index (κ1) is 12.0. The highest BCUT2D eigenvalue weighted by atomic mass is 35.5. The molecule has 0 radical (unpaired) electrons. The molecule has 1 atom stereocenters. The van der Waals surface area contributed by atoms with Crippen molar-refractivity contribution in [2.45, 2.75) is 24.9 Å². The van der Waals surface area contributed by atoms with Gasteiger partial charge in [0.05, 0.1) is 0 Å². The average Bonchev–Trinajstić information content (AvgIpc) is 2.28. The summed E-state index contributed by atoms with van der Waals surface area (Å²) in [5.74, 6) is 1.70. The van der Waals surface area contributed by atoms with Crippen LogP contribution in [0.4, 0.5) is 5.82 Å². The standard InChI is InChI=1S/C11H16ClN3S/c1-8-4-3-5-15(7-8)10-6-9(12)13-11(14-10)16-2/h6,8H,3-5,7H2,1-2H3. The van der Waals surface area contributed by atoms with Crippen molar-refractivity contribution in [3.8, 4) is 0 Å². The Labute approximate surface area is 106 Å². The second-order valence-corrected chi connectivity index (χ2v) is 5.39. The summed E-state index contributed by atoms with van der Waals surface area (Å²) >= 11 is 7.52. The van der Waals surface area contributed by atoms with E-state index in [9.17, 15) is 0 Å². The van der Waals surface area contributed by atoms with Crippen molar-refractivity contribution in [1.29, 1.82) is 0 Å². The summed E-state index contributed by atoms with van der Waals surface area (Å²) in [4.78, 5) is 11.0. The Balaban J connectivity index is 2.21. The second-order valence-electron chi connectivity index (χ2n) is 4.23. The highest BCUT2D eigenvalue weighted by Crippen LogP contribution is 2.24. The normalized spacial score (nSPS) is 21.2. The Hall–Kier alpha value is -0.480. The topological polar surface area (TPSA) is 29.0 Å². The summed E-state index contributed by atoms with van der Waals surface area (Å²) in [7, 11) is 0. The predicted octanol–water partition coefficient (Wildman–Crippen LogP) is 3.09. The first-order valence-electron chi connectivity index (χ1n) is 5.52. The van der Waals surface area contributed by atoms with Gasteiger partial charge in [-0.05, 0) is 25.0 Å². The zero-order valence-electron chi connectivity index (χ0n) is 9.61. The highest BCUT2D eigenvalue weighted by molar-refractivity contribution is 7.98. The number of thioether (sulfide) groups is 1. The Morgan fingerprint density at radius 1 is 1.50 bits per heavy atom. The molecular formula is C11H16ClN3S. The van der Waals surface area contributed by atoms with Crippen LogP contribution in [0.1, 0.15) is 19.8 Å². The van der Waals surface area contributed by atoms with Crippen molar-refractivity contribution in [3.05, 3.63) is 11.2 Å². The van der Waals surface area contributed by atoms with Gasteiger partial charge < -0.3 is 4.90 Å². The second kappa shape index (κ2) is 5.23. The van der Waals surface area contributed by atoms with Crippen LogP contribution >= 0.6 is 23.4 Å². The largest absolute Gasteiger partial charge is 0.356 e. The van der Waals surface area contributed by atoms with Crippen molar-refractivity contribution in [2.24, 2.45) is 5.92 Å². The molecule has 5 heteroatoms. The van der Waals surface area contributed by atoms with Gasteiger partial charge in [-0.15, -0.1) is 0 Å². The Morgan fingerprint density at radius 3 is 3.00 bits per heavy atom. The molecule has 0 bridgehead atoms. The smallest absolute Gasteiger partial charge is 0.190 e. The number of piperidine rings is 1. The van der Waals surface area contributed by atoms with E-state index >= 15 is 0 Å². The molecule has 0 aliphatic carbocycles. The number of aromatic nitrogens is 2. The van der Waals surface area contributed by atoms with Crippen molar-refractivity contribution in [3.63, 3.8) is 0 Å². The van der Waals surface area contributed by atoms with E-state index in [-0.39, 0.29) is 0 Å². The maximum Gasteiger partial charge on any atom is 0.190 e. The quantitative estimate of drug-likeness (QED) is 0.463. The molecule has 1 saturated heterocycles. The Bertz CT molecular complexity index is 372. The van der Waals surface area contributed by atoms with Crippen molar-refractivity contribution >= 4 is 29.2 Å². The lowest BCUT2D eigenvalue weighted by Crippen LogP contribution is -2.34. The van der Waals surface area contributed by atoms with Crippen LogP contribution in [0.2, 0.25) is 5.15 Å². The molecular weight excluding hydrogens is 242 g/mol. The fourth-order valence-corrected chi connectivity index (χ4v) is 2.64. The fourth-order valence-electron chi connectivity index (χ4n) is 2.04. The third-order valence-corrected chi connectivity index (χ3v) is 3.57. The summed E-state index contributed by atoms with van der Waals surface area (Å²) in [6.07, 6.45) is 4.51. The molecule has 0 N–H and O–H groups in total. The lowest BCUT2D eigenvalue weighted by Gasteiger charge is -2.31. The molecule has 0 spiro atoms. The third-order valence-electron chi connectivity index (χ3n) is 2.82. The zero-order chi connectivity index (χ0) is 11.5. The van der Waals surface area contributed by atoms with Crippen LogP contribution in [-0.2, 0) is 0 Å². The van der Waals surface area contributed by atoms with Gasteiger partial charge in [0.2, 0.25) is 0 Å². The van der Waals surface area contributed by atoms with E-state index in [1.54, 1.807) is 0 Å². The number of hydrogen-bond donors (Lipinski definition) is 0. The van der Waals surface area contributed by atoms with Crippen LogP contribution in [0.15, 0.2) is 11.2 Å². The van der Waals surface area contributed by atoms with Crippen LogP contribution in [0.5, 0.6) is 0 Å². The van der Waals surface area contributed by atoms with Gasteiger partial charge in [0.15, 0.2) is 5.16 Å². The van der Waals surface area contributed by atoms with E-state index in [2.05, 4.69) is 21.8 Å². The molecule has 16 heavy (non-hydrogen) atoms. The van der Waals surface area contributed by atoms with Crippen LogP contribution in [0.3, 0.4) is 0 Å². The number of anilines is 1. The molecule has 0 amide bonds. The molecule has 2 rings (SSSR count). The van der Waals surface area contributed by atoms with E-state index in [0.717, 1.165) is 30.0 Å². The summed E-state index contributed by atoms with van der Waals surface area (Å²) in [6, 6.07) is 1.86. The summed E-state index contributed by atoms with van der Waals surface area (Å²) < 4.78 is 0. The van der Waals surface area contributed by atoms with Gasteiger partial charge >= 0.3 is 0 Å². The Kier molecular flexibility index (Phi) is 3.92. The van der Waals surface area contributed by atoms with E-state index in [4.69, 9.17) is 11.6 Å². The first-order chi connectivity index (χ1) is 7.69. The number of hydrogen-bond acceptors (Lipinski definition) is 4. The number of halogens is 1. The van der Waals surface area contributed by atoms with Gasteiger partial charge in [-0.2, -0.15) is 0 Å². The van der Waals surface area contributed by atoms with Crippen LogP contribution in [-0.4, -0.2) is 29.3 Å². The average molecular weight is 258 g/mol. The molecule has 2 heterocycles. The van der Waals surface area contributed by atoms with Crippen molar-refractivity contribution in [2.75, 3.05) is 24.2 Å². The van der Waals surface area contributed by atoms with E-state index in [1.165, 1.54) is 24.6 Å². The molecule has 0 aromatic carbocycles. The van der Waals surface area contributed by atoms with E-state index < -0.39 is 0 Å². The van der Waals surface area contributed by atoms with Gasteiger partial charge in [-0.3, -0.25) is 0 Å². The minimum absolute atomic E-state index is 0.535. The lowest BCUT2D eigenvalue weighted by molar-refractivity contribution is 0.444. The van der Waals surface area contributed by atoms with Crippen molar-refractivity contribution in [1.82, 2.24) is 9.97 Å². The summed E-state index contributed by atoms with van der Waals surface area (Å²) in [5.41, 5.74) is 0. The van der Waals surface area contributed by atoms with E-state index in [1.807, 2.05) is 12.3 Å². The maximum atomic E-state index is 5.99. The van der Waals surface area contributed by atoms with Crippen LogP contribution in [0, 0.1) is 5.92 Å². The van der Waals surface area contributed by atoms with E-state index in [0.29, 0.717) is 5.15 Å². The minimum atomic E-state index is 0.535. The summed E-state index contributed by atoms with van der Waals surface area (Å²) in [5, 5.41) is 1.29. The van der Waals surface area contributed by atoms with Gasteiger partial charge in [-0.25, -0.2) is 9.97 Å². The van der Waals surface area contributed by atoms with Crippen LogP contribution in [0.25, 0.3) is 0 Å². The molecule has 3 nitrogen and oxygen atoms in total. The summed E-state index contributed by atoms with van der Waals surface area (Å²) in [6.45, 7) is 4.43. The Morgan fingerprint density at radius 2 is 2.31 bits per heavy atom. The number of nitrogens with zero attached hydrogens (tertiary/aromatic N) is 3. The number of rotatable bonds is 2. The maximum absolute atomic E-state index is 5.99. The molecule has 1 fully saturated rings. The van der Waals surface area contributed by atoms with Gasteiger partial charge in [0.25, 0.3) is 0 Å².